The molecule has 0 unspecified atom stereocenters. The Morgan fingerprint density at radius 1 is 0.871 bits per heavy atom. The molecule has 0 amide bonds. The molecule has 0 N–H and O–H groups in total. The summed E-state index contributed by atoms with van der Waals surface area (Å²) in [6, 6.07) is 26.9. The zero-order valence-electron chi connectivity index (χ0n) is 16.9. The van der Waals surface area contributed by atoms with Crippen molar-refractivity contribution in [2.24, 2.45) is 7.05 Å². The highest BCUT2D eigenvalue weighted by atomic mass is 32.2. The van der Waals surface area contributed by atoms with Gasteiger partial charge >= 0.3 is 0 Å². The molecule has 3 aromatic carbocycles. The van der Waals surface area contributed by atoms with Gasteiger partial charge in [0, 0.05) is 29.3 Å². The lowest BCUT2D eigenvalue weighted by atomic mass is 10.0. The molecule has 2 aromatic heterocycles. The maximum atomic E-state index is 13.5. The fourth-order valence-corrected chi connectivity index (χ4v) is 4.42. The Morgan fingerprint density at radius 3 is 2.52 bits per heavy atom. The highest BCUT2D eigenvalue weighted by Crippen LogP contribution is 2.32. The number of rotatable bonds is 5. The quantitative estimate of drug-likeness (QED) is 0.317. The van der Waals surface area contributed by atoms with E-state index >= 15 is 0 Å². The molecule has 0 aliphatic heterocycles. The largest absolute Gasteiger partial charge is 0.305 e. The Balaban J connectivity index is 1.55. The monoisotopic (exact) mass is 426 g/mol. The number of aromatic nitrogens is 4. The molecule has 0 aliphatic rings. The maximum absolute atomic E-state index is 13.5. The number of pyridine rings is 1. The normalized spacial score (nSPS) is 11.2. The van der Waals surface area contributed by atoms with Crippen molar-refractivity contribution in [3.05, 3.63) is 96.3 Å². The van der Waals surface area contributed by atoms with Crippen LogP contribution in [0.5, 0.6) is 0 Å². The molecule has 5 rings (SSSR count). The molecule has 0 saturated heterocycles. The van der Waals surface area contributed by atoms with E-state index in [0.717, 1.165) is 44.3 Å². The summed E-state index contributed by atoms with van der Waals surface area (Å²) in [5.41, 5.74) is 4.76. The molecule has 31 heavy (non-hydrogen) atoms. The fourth-order valence-electron chi connectivity index (χ4n) is 3.57. The predicted molar refractivity (Wildman–Crippen MR) is 123 cm³/mol. The van der Waals surface area contributed by atoms with Crippen LogP contribution in [0.3, 0.4) is 0 Å². The standard InChI is InChI=1S/C25H19FN4S/c1-30-24(28-29-25(30)31-16-17-8-7-11-19(26)14-17)21-15-23(18-9-3-2-4-10-18)27-22-13-6-5-12-20(21)22/h2-15H,16H2,1H3. The molecule has 152 valence electrons. The second-order valence-electron chi connectivity index (χ2n) is 7.22. The van der Waals surface area contributed by atoms with E-state index in [0.29, 0.717) is 5.75 Å². The SMILES string of the molecule is Cn1c(SCc2cccc(F)c2)nnc1-c1cc(-c2ccccc2)nc2ccccc12. The average molecular weight is 427 g/mol. The smallest absolute Gasteiger partial charge is 0.191 e. The third-order valence-corrected chi connectivity index (χ3v) is 6.21. The Hall–Kier alpha value is -3.51. The Kier molecular flexibility index (Phi) is 5.22. The molecule has 0 radical (unpaired) electrons. The van der Waals surface area contributed by atoms with Gasteiger partial charge < -0.3 is 4.57 Å². The van der Waals surface area contributed by atoms with Crippen molar-refractivity contribution in [1.29, 1.82) is 0 Å². The first kappa shape index (κ1) is 19.5. The first-order chi connectivity index (χ1) is 15.2. The van der Waals surface area contributed by atoms with Gasteiger partial charge in [0.15, 0.2) is 11.0 Å². The number of fused-ring (bicyclic) bond motifs is 1. The van der Waals surface area contributed by atoms with Crippen LogP contribution in [0.15, 0.2) is 90.1 Å². The van der Waals surface area contributed by atoms with Gasteiger partial charge in [-0.15, -0.1) is 10.2 Å². The minimum absolute atomic E-state index is 0.228. The summed E-state index contributed by atoms with van der Waals surface area (Å²) in [4.78, 5) is 4.85. The van der Waals surface area contributed by atoms with Gasteiger partial charge in [-0.05, 0) is 29.8 Å². The van der Waals surface area contributed by atoms with E-state index in [1.54, 1.807) is 12.1 Å². The fraction of sp³-hybridized carbons (Fsp3) is 0.0800. The van der Waals surface area contributed by atoms with Gasteiger partial charge in [-0.2, -0.15) is 0 Å². The lowest BCUT2D eigenvalue weighted by Crippen LogP contribution is -1.97. The third-order valence-electron chi connectivity index (χ3n) is 5.12. The van der Waals surface area contributed by atoms with Crippen LogP contribution in [0.4, 0.5) is 4.39 Å². The van der Waals surface area contributed by atoms with Crippen LogP contribution in [-0.2, 0) is 12.8 Å². The molecular formula is C25H19FN4S. The van der Waals surface area contributed by atoms with E-state index in [-0.39, 0.29) is 5.82 Å². The third kappa shape index (κ3) is 3.94. The van der Waals surface area contributed by atoms with E-state index in [2.05, 4.69) is 34.5 Å². The van der Waals surface area contributed by atoms with Crippen molar-refractivity contribution in [2.45, 2.75) is 10.9 Å². The van der Waals surface area contributed by atoms with Crippen molar-refractivity contribution >= 4 is 22.7 Å². The summed E-state index contributed by atoms with van der Waals surface area (Å²) in [6.45, 7) is 0. The van der Waals surface area contributed by atoms with E-state index < -0.39 is 0 Å². The van der Waals surface area contributed by atoms with Crippen molar-refractivity contribution < 1.29 is 4.39 Å². The van der Waals surface area contributed by atoms with Crippen LogP contribution in [0, 0.1) is 5.82 Å². The Labute approximate surface area is 183 Å². The second-order valence-corrected chi connectivity index (χ2v) is 8.16. The minimum atomic E-state index is -0.228. The van der Waals surface area contributed by atoms with Crippen LogP contribution < -0.4 is 0 Å². The van der Waals surface area contributed by atoms with Crippen LogP contribution in [0.1, 0.15) is 5.56 Å². The van der Waals surface area contributed by atoms with Crippen LogP contribution in [0.25, 0.3) is 33.5 Å². The number of para-hydroxylation sites is 1. The summed E-state index contributed by atoms with van der Waals surface area (Å²) in [5.74, 6) is 1.17. The molecule has 0 aliphatic carbocycles. The van der Waals surface area contributed by atoms with Crippen LogP contribution in [0.2, 0.25) is 0 Å². The Morgan fingerprint density at radius 2 is 1.68 bits per heavy atom. The number of halogens is 1. The summed E-state index contributed by atoms with van der Waals surface area (Å²) in [7, 11) is 1.96. The van der Waals surface area contributed by atoms with Crippen molar-refractivity contribution in [3.8, 4) is 22.6 Å². The van der Waals surface area contributed by atoms with E-state index in [1.165, 1.54) is 17.8 Å². The van der Waals surface area contributed by atoms with E-state index in [1.807, 2.05) is 54.1 Å². The molecule has 5 aromatic rings. The van der Waals surface area contributed by atoms with E-state index in [4.69, 9.17) is 4.98 Å². The summed E-state index contributed by atoms with van der Waals surface area (Å²) < 4.78 is 15.5. The molecule has 6 heteroatoms. The van der Waals surface area contributed by atoms with Gasteiger partial charge in [0.05, 0.1) is 11.2 Å². The number of thioether (sulfide) groups is 1. The molecule has 0 spiro atoms. The molecule has 2 heterocycles. The van der Waals surface area contributed by atoms with E-state index in [9.17, 15) is 4.39 Å². The maximum Gasteiger partial charge on any atom is 0.191 e. The van der Waals surface area contributed by atoms with Gasteiger partial charge in [-0.25, -0.2) is 9.37 Å². The Bertz CT molecular complexity index is 1360. The molecule has 4 nitrogen and oxygen atoms in total. The van der Waals surface area contributed by atoms with Gasteiger partial charge in [-0.3, -0.25) is 0 Å². The van der Waals surface area contributed by atoms with Crippen molar-refractivity contribution in [1.82, 2.24) is 19.7 Å². The number of hydrogen-bond donors (Lipinski definition) is 0. The zero-order valence-corrected chi connectivity index (χ0v) is 17.7. The molecule has 0 bridgehead atoms. The topological polar surface area (TPSA) is 43.6 Å². The molecular weight excluding hydrogens is 407 g/mol. The van der Waals surface area contributed by atoms with Crippen LogP contribution in [-0.4, -0.2) is 19.7 Å². The lowest BCUT2D eigenvalue weighted by Gasteiger charge is -2.10. The van der Waals surface area contributed by atoms with Crippen molar-refractivity contribution in [2.75, 3.05) is 0 Å². The lowest BCUT2D eigenvalue weighted by molar-refractivity contribution is 0.626. The number of hydrogen-bond acceptors (Lipinski definition) is 4. The summed E-state index contributed by atoms with van der Waals surface area (Å²) in [6.07, 6.45) is 0. The van der Waals surface area contributed by atoms with Gasteiger partial charge in [0.2, 0.25) is 0 Å². The minimum Gasteiger partial charge on any atom is -0.305 e. The van der Waals surface area contributed by atoms with Crippen molar-refractivity contribution in [3.63, 3.8) is 0 Å². The van der Waals surface area contributed by atoms with Crippen LogP contribution >= 0.6 is 11.8 Å². The highest BCUT2D eigenvalue weighted by Gasteiger charge is 2.16. The second kappa shape index (κ2) is 8.32. The first-order valence-corrected chi connectivity index (χ1v) is 10.9. The van der Waals surface area contributed by atoms with Gasteiger partial charge in [-0.1, -0.05) is 72.4 Å². The molecule has 0 saturated carbocycles. The summed E-state index contributed by atoms with van der Waals surface area (Å²) >= 11 is 1.54. The number of benzene rings is 3. The average Bonchev–Trinajstić information content (AvgIpc) is 3.17. The predicted octanol–water partition coefficient (Wildman–Crippen LogP) is 6.13. The zero-order chi connectivity index (χ0) is 21.2. The van der Waals surface area contributed by atoms with Gasteiger partial charge in [0.1, 0.15) is 5.82 Å². The molecule has 0 atom stereocenters. The number of nitrogens with zero attached hydrogens (tertiary/aromatic N) is 4. The highest BCUT2D eigenvalue weighted by molar-refractivity contribution is 7.98. The van der Waals surface area contributed by atoms with Gasteiger partial charge in [0.25, 0.3) is 0 Å². The summed E-state index contributed by atoms with van der Waals surface area (Å²) in [5, 5.41) is 10.7. The first-order valence-electron chi connectivity index (χ1n) is 9.91. The molecule has 0 fully saturated rings.